The van der Waals surface area contributed by atoms with E-state index < -0.39 is 0 Å². The van der Waals surface area contributed by atoms with Crippen LogP contribution in [-0.4, -0.2) is 11.7 Å². The van der Waals surface area contributed by atoms with Crippen LogP contribution in [0.15, 0.2) is 102 Å². The molecule has 5 aromatic rings. The Kier molecular flexibility index (Phi) is 5.05. The molecule has 0 atom stereocenters. The van der Waals surface area contributed by atoms with E-state index in [9.17, 15) is 4.79 Å². The number of carbonyl (C=O) groups excluding carboxylic acids is 1. The highest BCUT2D eigenvalue weighted by Gasteiger charge is 2.35. The van der Waals surface area contributed by atoms with E-state index in [0.29, 0.717) is 16.6 Å². The van der Waals surface area contributed by atoms with Gasteiger partial charge in [-0.15, -0.1) is 11.3 Å². The fourth-order valence-electron chi connectivity index (χ4n) is 4.28. The minimum atomic E-state index is -0.166. The second-order valence-corrected chi connectivity index (χ2v) is 9.68. The number of amides is 1. The number of halogens is 1. The second kappa shape index (κ2) is 8.24. The molecule has 34 heavy (non-hydrogen) atoms. The van der Waals surface area contributed by atoms with Crippen molar-refractivity contribution in [2.75, 3.05) is 4.90 Å². The van der Waals surface area contributed by atoms with Crippen molar-refractivity contribution in [1.29, 1.82) is 0 Å². The molecule has 0 spiro atoms. The number of aryl methyl sites for hydroxylation is 1. The van der Waals surface area contributed by atoms with Gasteiger partial charge in [-0.05, 0) is 47.5 Å². The van der Waals surface area contributed by atoms with Crippen LogP contribution in [0.2, 0.25) is 5.02 Å². The molecule has 2 heterocycles. The van der Waals surface area contributed by atoms with Gasteiger partial charge in [0.05, 0.1) is 15.6 Å². The highest BCUT2D eigenvalue weighted by Crippen LogP contribution is 2.39. The summed E-state index contributed by atoms with van der Waals surface area (Å²) in [6.07, 6.45) is 1.88. The Morgan fingerprint density at radius 1 is 0.853 bits per heavy atom. The van der Waals surface area contributed by atoms with Gasteiger partial charge in [-0.2, -0.15) is 0 Å². The number of hydrogen-bond acceptors (Lipinski definition) is 3. The molecule has 1 amide bonds. The van der Waals surface area contributed by atoms with Crippen LogP contribution < -0.4 is 4.90 Å². The predicted molar refractivity (Wildman–Crippen MR) is 144 cm³/mol. The number of thiophene rings is 1. The molecule has 3 nitrogen and oxygen atoms in total. The molecule has 5 heteroatoms. The smallest absolute Gasteiger partial charge is 0.266 e. The van der Waals surface area contributed by atoms with E-state index in [1.165, 1.54) is 0 Å². The summed E-state index contributed by atoms with van der Waals surface area (Å²) in [5.41, 5.74) is 3.24. The summed E-state index contributed by atoms with van der Waals surface area (Å²) < 4.78 is 1.06. The number of nitrogens with zero attached hydrogens (tertiary/aromatic N) is 2. The Morgan fingerprint density at radius 2 is 1.56 bits per heavy atom. The molecule has 0 bridgehead atoms. The fourth-order valence-corrected chi connectivity index (χ4v) is 5.78. The molecule has 4 aromatic carbocycles. The molecule has 0 saturated heterocycles. The summed E-state index contributed by atoms with van der Waals surface area (Å²) in [6.45, 7) is 2.03. The van der Waals surface area contributed by atoms with Crippen molar-refractivity contribution in [2.24, 2.45) is 4.99 Å². The number of aliphatic imine (C=N–C) groups is 1. The molecule has 1 aliphatic rings. The van der Waals surface area contributed by atoms with Gasteiger partial charge in [-0.3, -0.25) is 9.69 Å². The average molecular weight is 479 g/mol. The van der Waals surface area contributed by atoms with E-state index in [0.717, 1.165) is 42.6 Å². The van der Waals surface area contributed by atoms with Crippen LogP contribution in [0.1, 0.15) is 16.0 Å². The molecule has 0 unspecified atom stereocenters. The number of anilines is 1. The molecule has 6 rings (SSSR count). The maximum Gasteiger partial charge on any atom is 0.282 e. The zero-order valence-electron chi connectivity index (χ0n) is 18.3. The van der Waals surface area contributed by atoms with Gasteiger partial charge < -0.3 is 0 Å². The SMILES string of the molecule is Cc1ccc(N2C(=O)/C(=C\c3cccc4ccccc34)N=C2c2sc3ccccc3c2Cl)cc1. The monoisotopic (exact) mass is 478 g/mol. The Hall–Kier alpha value is -3.73. The highest BCUT2D eigenvalue weighted by molar-refractivity contribution is 7.21. The van der Waals surface area contributed by atoms with E-state index in [-0.39, 0.29) is 5.91 Å². The predicted octanol–water partition coefficient (Wildman–Crippen LogP) is 7.85. The first-order chi connectivity index (χ1) is 16.6. The zero-order chi connectivity index (χ0) is 23.2. The van der Waals surface area contributed by atoms with Crippen molar-refractivity contribution in [3.05, 3.63) is 118 Å². The van der Waals surface area contributed by atoms with Crippen molar-refractivity contribution in [3.63, 3.8) is 0 Å². The Balaban J connectivity index is 1.55. The third kappa shape index (κ3) is 3.43. The largest absolute Gasteiger partial charge is 0.282 e. The van der Waals surface area contributed by atoms with Crippen molar-refractivity contribution < 1.29 is 4.79 Å². The Labute approximate surface area is 206 Å². The average Bonchev–Trinajstić information content (AvgIpc) is 3.36. The van der Waals surface area contributed by atoms with Crippen LogP contribution in [0.5, 0.6) is 0 Å². The van der Waals surface area contributed by atoms with Crippen LogP contribution in [0.25, 0.3) is 26.9 Å². The Bertz CT molecular complexity index is 1640. The number of rotatable bonds is 3. The lowest BCUT2D eigenvalue weighted by Gasteiger charge is -2.18. The standard InChI is InChI=1S/C29H19ClN2OS/c1-18-13-15-21(16-14-18)32-28(27-26(30)23-11-4-5-12-25(23)34-27)31-24(29(32)33)17-20-9-6-8-19-7-2-3-10-22(19)20/h2-17H,1H3/b24-17+. The van der Waals surface area contributed by atoms with Crippen molar-refractivity contribution in [2.45, 2.75) is 6.92 Å². The number of carbonyl (C=O) groups is 1. The van der Waals surface area contributed by atoms with Gasteiger partial charge in [0.1, 0.15) is 5.70 Å². The maximum atomic E-state index is 13.7. The third-order valence-corrected chi connectivity index (χ3v) is 7.68. The summed E-state index contributed by atoms with van der Waals surface area (Å²) >= 11 is 8.37. The van der Waals surface area contributed by atoms with Crippen molar-refractivity contribution >= 4 is 67.3 Å². The minimum Gasteiger partial charge on any atom is -0.266 e. The van der Waals surface area contributed by atoms with Crippen molar-refractivity contribution in [1.82, 2.24) is 0 Å². The normalized spacial score (nSPS) is 15.0. The lowest BCUT2D eigenvalue weighted by Crippen LogP contribution is -2.32. The molecule has 1 aliphatic heterocycles. The van der Waals surface area contributed by atoms with E-state index in [2.05, 4.69) is 18.2 Å². The van der Waals surface area contributed by atoms with Crippen LogP contribution in [0.3, 0.4) is 0 Å². The molecule has 0 saturated carbocycles. The van der Waals surface area contributed by atoms with E-state index in [4.69, 9.17) is 16.6 Å². The van der Waals surface area contributed by atoms with E-state index in [1.807, 2.05) is 85.8 Å². The van der Waals surface area contributed by atoms with Gasteiger partial charge in [0, 0.05) is 10.1 Å². The van der Waals surface area contributed by atoms with Gasteiger partial charge in [0.15, 0.2) is 5.84 Å². The highest BCUT2D eigenvalue weighted by atomic mass is 35.5. The first-order valence-corrected chi connectivity index (χ1v) is 12.2. The topological polar surface area (TPSA) is 32.7 Å². The Morgan fingerprint density at radius 3 is 2.35 bits per heavy atom. The fraction of sp³-hybridized carbons (Fsp3) is 0.0345. The summed E-state index contributed by atoms with van der Waals surface area (Å²) in [4.78, 5) is 21.1. The van der Waals surface area contributed by atoms with Crippen LogP contribution in [0.4, 0.5) is 5.69 Å². The number of hydrogen-bond donors (Lipinski definition) is 0. The first kappa shape index (κ1) is 20.8. The number of benzene rings is 4. The molecule has 0 N–H and O–H groups in total. The number of fused-ring (bicyclic) bond motifs is 2. The molecule has 0 radical (unpaired) electrons. The maximum absolute atomic E-state index is 13.7. The van der Waals surface area contributed by atoms with Crippen molar-refractivity contribution in [3.8, 4) is 0 Å². The molecular weight excluding hydrogens is 460 g/mol. The molecule has 164 valence electrons. The molecular formula is C29H19ClN2OS. The molecule has 0 fully saturated rings. The summed E-state index contributed by atoms with van der Waals surface area (Å²) in [5, 5.41) is 3.79. The summed E-state index contributed by atoms with van der Waals surface area (Å²) in [7, 11) is 0. The van der Waals surface area contributed by atoms with E-state index >= 15 is 0 Å². The summed E-state index contributed by atoms with van der Waals surface area (Å²) in [6, 6.07) is 30.1. The lowest BCUT2D eigenvalue weighted by molar-refractivity contribution is -0.113. The minimum absolute atomic E-state index is 0.166. The van der Waals surface area contributed by atoms with Gasteiger partial charge in [0.25, 0.3) is 5.91 Å². The van der Waals surface area contributed by atoms with Crippen LogP contribution in [-0.2, 0) is 4.79 Å². The second-order valence-electron chi connectivity index (χ2n) is 8.25. The van der Waals surface area contributed by atoms with Gasteiger partial charge in [-0.1, -0.05) is 90.0 Å². The molecule has 0 aliphatic carbocycles. The third-order valence-electron chi connectivity index (χ3n) is 6.01. The van der Waals surface area contributed by atoms with Gasteiger partial charge >= 0.3 is 0 Å². The number of amidine groups is 1. The van der Waals surface area contributed by atoms with Gasteiger partial charge in [0.2, 0.25) is 0 Å². The lowest BCUT2D eigenvalue weighted by atomic mass is 10.0. The van der Waals surface area contributed by atoms with Crippen LogP contribution in [0, 0.1) is 6.92 Å². The zero-order valence-corrected chi connectivity index (χ0v) is 19.9. The first-order valence-electron chi connectivity index (χ1n) is 11.0. The van der Waals surface area contributed by atoms with E-state index in [1.54, 1.807) is 16.2 Å². The van der Waals surface area contributed by atoms with Gasteiger partial charge in [-0.25, -0.2) is 4.99 Å². The summed E-state index contributed by atoms with van der Waals surface area (Å²) in [5.74, 6) is 0.395. The van der Waals surface area contributed by atoms with Crippen LogP contribution >= 0.6 is 22.9 Å². The molecule has 1 aromatic heterocycles. The quantitative estimate of drug-likeness (QED) is 0.243.